The first-order valence-electron chi connectivity index (χ1n) is 17.6. The quantitative estimate of drug-likeness (QED) is 0.270. The first-order valence-corrected chi connectivity index (χ1v) is 18.5. The Morgan fingerprint density at radius 2 is 1.92 bits per heavy atom. The van der Waals surface area contributed by atoms with Gasteiger partial charge in [-0.25, -0.2) is 14.8 Å². The van der Waals surface area contributed by atoms with E-state index in [4.69, 9.17) is 24.2 Å². The Labute approximate surface area is 292 Å². The van der Waals surface area contributed by atoms with Crippen molar-refractivity contribution in [2.75, 3.05) is 32.6 Å². The lowest BCUT2D eigenvalue weighted by Crippen LogP contribution is -2.50. The third-order valence-electron chi connectivity index (χ3n) is 10.3. The van der Waals surface area contributed by atoms with Gasteiger partial charge in [0.1, 0.15) is 28.8 Å². The number of benzene rings is 1. The van der Waals surface area contributed by atoms with Gasteiger partial charge in [0, 0.05) is 42.5 Å². The summed E-state index contributed by atoms with van der Waals surface area (Å²) < 4.78 is 17.7. The number of pyridine rings is 1. The van der Waals surface area contributed by atoms with Gasteiger partial charge in [-0.2, -0.15) is 0 Å². The highest BCUT2D eigenvalue weighted by atomic mass is 32.1. The summed E-state index contributed by atoms with van der Waals surface area (Å²) in [7, 11) is 3.44. The largest absolute Gasteiger partial charge is 0.497 e. The van der Waals surface area contributed by atoms with Gasteiger partial charge in [-0.05, 0) is 70.4 Å². The van der Waals surface area contributed by atoms with E-state index in [1.54, 1.807) is 18.9 Å². The van der Waals surface area contributed by atoms with Crippen LogP contribution in [0.25, 0.3) is 22.3 Å². The van der Waals surface area contributed by atoms with Crippen molar-refractivity contribution in [3.63, 3.8) is 0 Å². The number of thiazole rings is 1. The molecule has 2 amide bonds. The van der Waals surface area contributed by atoms with E-state index in [-0.39, 0.29) is 42.3 Å². The van der Waals surface area contributed by atoms with Crippen molar-refractivity contribution in [2.45, 2.75) is 90.3 Å². The van der Waals surface area contributed by atoms with Crippen LogP contribution in [0.1, 0.15) is 72.6 Å². The minimum atomic E-state index is -1.04. The van der Waals surface area contributed by atoms with Crippen LogP contribution in [0.5, 0.6) is 11.5 Å². The van der Waals surface area contributed by atoms with Gasteiger partial charge in [-0.3, -0.25) is 9.59 Å². The molecule has 3 aromatic rings. The number of nitrogens with one attached hydrogen (secondary N) is 2. The molecule has 49 heavy (non-hydrogen) atoms. The molecule has 1 unspecified atom stereocenters. The molecule has 3 heterocycles. The lowest BCUT2D eigenvalue weighted by atomic mass is 9.91. The molecular weight excluding hydrogens is 643 g/mol. The number of aromatic nitrogens is 2. The van der Waals surface area contributed by atoms with E-state index < -0.39 is 23.5 Å². The summed E-state index contributed by atoms with van der Waals surface area (Å²) in [6.45, 7) is 8.96. The average molecular weight is 692 g/mol. The Morgan fingerprint density at radius 1 is 1.12 bits per heavy atom. The standard InChI is InChI=1S/C37H49N5O6S/c1-7-47-35(45)37-19-28(37)22(4)11-9-8-10-14-42(5)34(44)27-16-24(15-26(27)33(43)41-37)48-32-18-30(31-20-49-36(40-31)38-21(2)3)39-29-17-23(46-6)12-13-25(29)32/h12-13,17-18,20-22,24,26-28H,7-11,14-16,19H2,1-6H3,(H,38,40)(H,41,43)/t22?,24-,26-,27-,28+,37-/m1/s1. The van der Waals surface area contributed by atoms with E-state index in [0.29, 0.717) is 48.5 Å². The number of ether oxygens (including phenoxy) is 3. The average Bonchev–Trinajstić information content (AvgIpc) is 3.37. The molecule has 1 aliphatic heterocycles. The van der Waals surface area contributed by atoms with Crippen LogP contribution in [-0.2, 0) is 19.1 Å². The highest BCUT2D eigenvalue weighted by molar-refractivity contribution is 7.14. The summed E-state index contributed by atoms with van der Waals surface area (Å²) >= 11 is 1.51. The molecule has 264 valence electrons. The van der Waals surface area contributed by atoms with Gasteiger partial charge < -0.3 is 29.7 Å². The molecule has 2 aliphatic carbocycles. The normalized spacial score (nSPS) is 27.6. The van der Waals surface area contributed by atoms with Crippen molar-refractivity contribution >= 4 is 45.2 Å². The van der Waals surface area contributed by atoms with Gasteiger partial charge in [0.05, 0.1) is 36.8 Å². The van der Waals surface area contributed by atoms with Gasteiger partial charge in [0.25, 0.3) is 0 Å². The molecule has 2 saturated carbocycles. The van der Waals surface area contributed by atoms with E-state index >= 15 is 0 Å². The number of fused-ring (bicyclic) bond motifs is 3. The molecule has 11 nitrogen and oxygen atoms in total. The molecular formula is C37H49N5O6S. The van der Waals surface area contributed by atoms with Crippen molar-refractivity contribution in [1.82, 2.24) is 20.2 Å². The summed E-state index contributed by atoms with van der Waals surface area (Å²) in [6, 6.07) is 7.78. The van der Waals surface area contributed by atoms with Crippen molar-refractivity contribution in [2.24, 2.45) is 23.7 Å². The third-order valence-corrected chi connectivity index (χ3v) is 11.1. The second-order valence-electron chi connectivity index (χ2n) is 14.2. The van der Waals surface area contributed by atoms with Crippen molar-refractivity contribution in [3.05, 3.63) is 29.6 Å². The maximum absolute atomic E-state index is 14.2. The number of amides is 2. The topological polar surface area (TPSA) is 132 Å². The second kappa shape index (κ2) is 14.5. The molecule has 1 saturated heterocycles. The van der Waals surface area contributed by atoms with E-state index in [1.807, 2.05) is 36.7 Å². The zero-order valence-electron chi connectivity index (χ0n) is 29.4. The molecule has 2 N–H and O–H groups in total. The van der Waals surface area contributed by atoms with Crippen LogP contribution in [-0.4, -0.2) is 77.6 Å². The monoisotopic (exact) mass is 691 g/mol. The van der Waals surface area contributed by atoms with Crippen molar-refractivity contribution in [1.29, 1.82) is 0 Å². The van der Waals surface area contributed by atoms with E-state index in [0.717, 1.165) is 41.9 Å². The van der Waals surface area contributed by atoms with Gasteiger partial charge in [-0.1, -0.05) is 26.2 Å². The minimum absolute atomic E-state index is 0.0179. The summed E-state index contributed by atoms with van der Waals surface area (Å²) in [5.74, 6) is -0.397. The van der Waals surface area contributed by atoms with Crippen LogP contribution in [0.4, 0.5) is 5.13 Å². The predicted molar refractivity (Wildman–Crippen MR) is 190 cm³/mol. The highest BCUT2D eigenvalue weighted by Crippen LogP contribution is 2.51. The maximum Gasteiger partial charge on any atom is 0.332 e. The fourth-order valence-corrected chi connectivity index (χ4v) is 8.48. The van der Waals surface area contributed by atoms with Crippen LogP contribution in [0, 0.1) is 23.7 Å². The number of esters is 1. The van der Waals surface area contributed by atoms with E-state index in [2.05, 4.69) is 31.4 Å². The number of hydrogen-bond acceptors (Lipinski definition) is 10. The Kier molecular flexibility index (Phi) is 10.3. The van der Waals surface area contributed by atoms with Gasteiger partial charge in [0.2, 0.25) is 11.8 Å². The van der Waals surface area contributed by atoms with Gasteiger partial charge >= 0.3 is 5.97 Å². The van der Waals surface area contributed by atoms with Crippen LogP contribution in [0.3, 0.4) is 0 Å². The van der Waals surface area contributed by atoms with Crippen molar-refractivity contribution < 1.29 is 28.6 Å². The van der Waals surface area contributed by atoms with Crippen LogP contribution in [0.15, 0.2) is 29.6 Å². The zero-order chi connectivity index (χ0) is 34.9. The second-order valence-corrected chi connectivity index (χ2v) is 15.1. The summed E-state index contributed by atoms with van der Waals surface area (Å²) in [6.07, 6.45) is 4.73. The van der Waals surface area contributed by atoms with Crippen LogP contribution in [0.2, 0.25) is 0 Å². The van der Waals surface area contributed by atoms with Crippen LogP contribution < -0.4 is 20.1 Å². The fraction of sp³-hybridized carbons (Fsp3) is 0.595. The minimum Gasteiger partial charge on any atom is -0.497 e. The third kappa shape index (κ3) is 7.34. The lowest BCUT2D eigenvalue weighted by Gasteiger charge is -2.27. The number of carbonyl (C=O) groups excluding carboxylic acids is 3. The summed E-state index contributed by atoms with van der Waals surface area (Å²) in [5.41, 5.74) is 1.02. The van der Waals surface area contributed by atoms with Gasteiger partial charge in [-0.15, -0.1) is 11.3 Å². The molecule has 0 spiro atoms. The van der Waals surface area contributed by atoms with Crippen molar-refractivity contribution in [3.8, 4) is 22.9 Å². The summed E-state index contributed by atoms with van der Waals surface area (Å²) in [5, 5.41) is 10.1. The number of anilines is 1. The van der Waals surface area contributed by atoms with E-state index in [9.17, 15) is 14.4 Å². The first kappa shape index (κ1) is 34.9. The lowest BCUT2D eigenvalue weighted by molar-refractivity contribution is -0.150. The Bertz CT molecular complexity index is 1690. The fourth-order valence-electron chi connectivity index (χ4n) is 7.63. The molecule has 6 rings (SSSR count). The SMILES string of the molecule is CCOC(=O)[C@@]12C[C@H]1C(C)CCCCCN(C)C(=O)[C@@H]1C[C@H](Oc3cc(-c4csc(NC(C)C)n4)nc4cc(OC)ccc34)C[C@H]1C(=O)N2. The number of rotatable bonds is 8. The van der Waals surface area contributed by atoms with E-state index in [1.165, 1.54) is 11.3 Å². The smallest absolute Gasteiger partial charge is 0.332 e. The summed E-state index contributed by atoms with van der Waals surface area (Å²) in [4.78, 5) is 52.9. The Hall–Kier alpha value is -3.93. The molecule has 2 aromatic heterocycles. The number of hydrogen-bond donors (Lipinski definition) is 2. The molecule has 12 heteroatoms. The van der Waals surface area contributed by atoms with Gasteiger partial charge in [0.15, 0.2) is 5.13 Å². The maximum atomic E-state index is 14.2. The first-order chi connectivity index (χ1) is 23.5. The number of methoxy groups -OCH3 is 1. The predicted octanol–water partition coefficient (Wildman–Crippen LogP) is 6.07. The molecule has 3 aliphatic rings. The molecule has 0 bridgehead atoms. The Balaban J connectivity index is 1.32. The van der Waals surface area contributed by atoms with Crippen LogP contribution >= 0.6 is 11.3 Å². The zero-order valence-corrected chi connectivity index (χ0v) is 30.2. The molecule has 1 aromatic carbocycles. The molecule has 3 fully saturated rings. The molecule has 0 radical (unpaired) electrons. The highest BCUT2D eigenvalue weighted by Gasteiger charge is 2.64. The molecule has 6 atom stereocenters. The number of nitrogens with zero attached hydrogens (tertiary/aromatic N) is 3. The number of carbonyl (C=O) groups is 3. The Morgan fingerprint density at radius 3 is 2.67 bits per heavy atom.